The second-order valence-corrected chi connectivity index (χ2v) is 4.16. The van der Waals surface area contributed by atoms with Crippen LogP contribution in [0.5, 0.6) is 0 Å². The van der Waals surface area contributed by atoms with Gasteiger partial charge in [-0.25, -0.2) is 0 Å². The van der Waals surface area contributed by atoms with Gasteiger partial charge >= 0.3 is 0 Å². The molecule has 4 N–H and O–H groups in total. The summed E-state index contributed by atoms with van der Waals surface area (Å²) in [5.74, 6) is -1.88. The third kappa shape index (κ3) is 4.23. The largest absolute Gasteiger partial charge is 0.396 e. The van der Waals surface area contributed by atoms with Crippen LogP contribution in [-0.2, 0) is 9.59 Å². The molecule has 0 rings (SSSR count). The van der Waals surface area contributed by atoms with Gasteiger partial charge in [0.1, 0.15) is 5.92 Å². The van der Waals surface area contributed by atoms with Crippen LogP contribution < -0.4 is 11.1 Å². The first-order valence-corrected chi connectivity index (χ1v) is 4.48. The highest BCUT2D eigenvalue weighted by Gasteiger charge is 2.22. The average Bonchev–Trinajstić information content (AvgIpc) is 2.13. The normalized spacial score (nSPS) is 13.4. The Morgan fingerprint density at radius 3 is 2.36 bits per heavy atom. The molecule has 2 amide bonds. The summed E-state index contributed by atoms with van der Waals surface area (Å²) in [7, 11) is 0. The van der Waals surface area contributed by atoms with Gasteiger partial charge in [-0.1, -0.05) is 13.8 Å². The highest BCUT2D eigenvalue weighted by atomic mass is 16.3. The van der Waals surface area contributed by atoms with Gasteiger partial charge in [0.2, 0.25) is 11.8 Å². The van der Waals surface area contributed by atoms with E-state index in [4.69, 9.17) is 10.8 Å². The lowest BCUT2D eigenvalue weighted by molar-refractivity contribution is -0.133. The van der Waals surface area contributed by atoms with Crippen molar-refractivity contribution >= 4 is 11.8 Å². The molecule has 0 saturated heterocycles. The molecule has 5 nitrogen and oxygen atoms in total. The Bertz CT molecular complexity index is 226. The number of carbonyl (C=O) groups is 2. The molecule has 1 atom stereocenters. The summed E-state index contributed by atoms with van der Waals surface area (Å²) >= 11 is 0. The van der Waals surface area contributed by atoms with Crippen molar-refractivity contribution in [1.29, 1.82) is 0 Å². The SMILES string of the molecule is CC(C(N)=O)C(=O)NCC(C)(C)CO. The maximum absolute atomic E-state index is 11.3. The van der Waals surface area contributed by atoms with Gasteiger partial charge in [-0.2, -0.15) is 0 Å². The lowest BCUT2D eigenvalue weighted by Gasteiger charge is -2.22. The standard InChI is InChI=1S/C9H18N2O3/c1-6(7(10)13)8(14)11-4-9(2,3)5-12/h6,12H,4-5H2,1-3H3,(H2,10,13)(H,11,14). The van der Waals surface area contributed by atoms with Crippen LogP contribution in [0.1, 0.15) is 20.8 Å². The molecule has 5 heteroatoms. The van der Waals surface area contributed by atoms with E-state index in [9.17, 15) is 9.59 Å². The molecule has 0 saturated carbocycles. The average molecular weight is 202 g/mol. The number of aliphatic hydroxyl groups excluding tert-OH is 1. The summed E-state index contributed by atoms with van der Waals surface area (Å²) in [6.07, 6.45) is 0. The number of carbonyl (C=O) groups excluding carboxylic acids is 2. The number of aliphatic hydroxyl groups is 1. The smallest absolute Gasteiger partial charge is 0.232 e. The minimum absolute atomic E-state index is 0.0295. The van der Waals surface area contributed by atoms with Crippen LogP contribution in [0.15, 0.2) is 0 Å². The van der Waals surface area contributed by atoms with Crippen molar-refractivity contribution in [2.24, 2.45) is 17.1 Å². The molecule has 0 heterocycles. The molecule has 0 aliphatic heterocycles. The minimum Gasteiger partial charge on any atom is -0.396 e. The van der Waals surface area contributed by atoms with Crippen molar-refractivity contribution in [2.75, 3.05) is 13.2 Å². The number of amides is 2. The molecule has 0 fully saturated rings. The summed E-state index contributed by atoms with van der Waals surface area (Å²) in [4.78, 5) is 21.9. The maximum Gasteiger partial charge on any atom is 0.232 e. The Morgan fingerprint density at radius 1 is 1.50 bits per heavy atom. The second kappa shape index (κ2) is 4.95. The monoisotopic (exact) mass is 202 g/mol. The maximum atomic E-state index is 11.3. The fourth-order valence-electron chi connectivity index (χ4n) is 0.665. The molecule has 0 aromatic heterocycles. The molecule has 0 aliphatic rings. The van der Waals surface area contributed by atoms with Crippen molar-refractivity contribution in [3.05, 3.63) is 0 Å². The van der Waals surface area contributed by atoms with E-state index in [1.807, 2.05) is 13.8 Å². The van der Waals surface area contributed by atoms with E-state index in [2.05, 4.69) is 5.32 Å². The summed E-state index contributed by atoms with van der Waals surface area (Å²) in [6.45, 7) is 5.35. The van der Waals surface area contributed by atoms with Gasteiger partial charge in [-0.05, 0) is 6.92 Å². The first kappa shape index (κ1) is 12.9. The zero-order valence-corrected chi connectivity index (χ0v) is 8.83. The van der Waals surface area contributed by atoms with Gasteiger partial charge in [0.15, 0.2) is 0 Å². The fraction of sp³-hybridized carbons (Fsp3) is 0.778. The highest BCUT2D eigenvalue weighted by Crippen LogP contribution is 2.11. The Kier molecular flexibility index (Phi) is 4.56. The summed E-state index contributed by atoms with van der Waals surface area (Å²) in [5.41, 5.74) is 4.58. The van der Waals surface area contributed by atoms with E-state index < -0.39 is 17.7 Å². The quantitative estimate of drug-likeness (QED) is 0.512. The van der Waals surface area contributed by atoms with Crippen molar-refractivity contribution < 1.29 is 14.7 Å². The number of nitrogens with one attached hydrogen (secondary N) is 1. The summed E-state index contributed by atoms with van der Waals surface area (Å²) in [5, 5.41) is 11.5. The number of primary amides is 1. The van der Waals surface area contributed by atoms with Crippen LogP contribution >= 0.6 is 0 Å². The first-order chi connectivity index (χ1) is 6.30. The molecular formula is C9H18N2O3. The van der Waals surface area contributed by atoms with Gasteiger partial charge in [-0.15, -0.1) is 0 Å². The number of hydrogen-bond donors (Lipinski definition) is 3. The Morgan fingerprint density at radius 2 is 2.00 bits per heavy atom. The van der Waals surface area contributed by atoms with E-state index in [0.717, 1.165) is 0 Å². The van der Waals surface area contributed by atoms with Gasteiger partial charge in [0.05, 0.1) is 0 Å². The third-order valence-corrected chi connectivity index (χ3v) is 1.99. The Hall–Kier alpha value is -1.10. The number of hydrogen-bond acceptors (Lipinski definition) is 3. The summed E-state index contributed by atoms with van der Waals surface area (Å²) in [6, 6.07) is 0. The van der Waals surface area contributed by atoms with Gasteiger partial charge < -0.3 is 16.2 Å². The van der Waals surface area contributed by atoms with Crippen molar-refractivity contribution in [1.82, 2.24) is 5.32 Å². The fourth-order valence-corrected chi connectivity index (χ4v) is 0.665. The predicted octanol–water partition coefficient (Wildman–Crippen LogP) is -0.757. The van der Waals surface area contributed by atoms with Crippen molar-refractivity contribution in [2.45, 2.75) is 20.8 Å². The zero-order valence-electron chi connectivity index (χ0n) is 8.83. The summed E-state index contributed by atoms with van der Waals surface area (Å²) < 4.78 is 0. The molecule has 0 spiro atoms. The Labute approximate surface area is 83.7 Å². The van der Waals surface area contributed by atoms with Crippen LogP contribution in [-0.4, -0.2) is 30.1 Å². The number of rotatable bonds is 5. The molecule has 0 aromatic carbocycles. The molecule has 0 aliphatic carbocycles. The molecule has 0 radical (unpaired) electrons. The first-order valence-electron chi connectivity index (χ1n) is 4.48. The van der Waals surface area contributed by atoms with Gasteiger partial charge in [0, 0.05) is 18.6 Å². The topological polar surface area (TPSA) is 92.4 Å². The van der Waals surface area contributed by atoms with Gasteiger partial charge in [-0.3, -0.25) is 9.59 Å². The van der Waals surface area contributed by atoms with Crippen LogP contribution in [0.2, 0.25) is 0 Å². The van der Waals surface area contributed by atoms with Crippen LogP contribution in [0.3, 0.4) is 0 Å². The second-order valence-electron chi connectivity index (χ2n) is 4.16. The highest BCUT2D eigenvalue weighted by molar-refractivity contribution is 5.99. The van der Waals surface area contributed by atoms with Crippen LogP contribution in [0.4, 0.5) is 0 Å². The van der Waals surface area contributed by atoms with Crippen LogP contribution in [0, 0.1) is 11.3 Å². The minimum atomic E-state index is -0.829. The molecule has 0 bridgehead atoms. The Balaban J connectivity index is 4.03. The molecule has 1 unspecified atom stereocenters. The molecule has 0 aromatic rings. The van der Waals surface area contributed by atoms with E-state index >= 15 is 0 Å². The van der Waals surface area contributed by atoms with Crippen molar-refractivity contribution in [3.8, 4) is 0 Å². The molecular weight excluding hydrogens is 184 g/mol. The lowest BCUT2D eigenvalue weighted by atomic mass is 9.94. The van der Waals surface area contributed by atoms with E-state index in [1.165, 1.54) is 6.92 Å². The van der Waals surface area contributed by atoms with E-state index in [-0.39, 0.29) is 12.0 Å². The van der Waals surface area contributed by atoms with E-state index in [1.54, 1.807) is 0 Å². The third-order valence-electron chi connectivity index (χ3n) is 1.99. The molecule has 14 heavy (non-hydrogen) atoms. The van der Waals surface area contributed by atoms with Crippen LogP contribution in [0.25, 0.3) is 0 Å². The zero-order chi connectivity index (χ0) is 11.4. The molecule has 82 valence electrons. The predicted molar refractivity (Wildman–Crippen MR) is 52.2 cm³/mol. The number of nitrogens with two attached hydrogens (primary N) is 1. The lowest BCUT2D eigenvalue weighted by Crippen LogP contribution is -2.42. The van der Waals surface area contributed by atoms with Crippen molar-refractivity contribution in [3.63, 3.8) is 0 Å². The van der Waals surface area contributed by atoms with Gasteiger partial charge in [0.25, 0.3) is 0 Å². The van der Waals surface area contributed by atoms with E-state index in [0.29, 0.717) is 6.54 Å².